The molecule has 3 rings (SSSR count). The molecule has 1 aliphatic rings. The van der Waals surface area contributed by atoms with E-state index in [-0.39, 0.29) is 16.4 Å². The van der Waals surface area contributed by atoms with Gasteiger partial charge in [-0.25, -0.2) is 13.1 Å². The highest BCUT2D eigenvalue weighted by Crippen LogP contribution is 2.24. The first-order valence-electron chi connectivity index (χ1n) is 7.52. The molecule has 25 heavy (non-hydrogen) atoms. The van der Waals surface area contributed by atoms with Gasteiger partial charge < -0.3 is 5.32 Å². The van der Waals surface area contributed by atoms with Crippen molar-refractivity contribution in [2.75, 3.05) is 5.32 Å². The zero-order valence-corrected chi connectivity index (χ0v) is 15.7. The molecule has 0 spiro atoms. The number of hydrogen-bond donors (Lipinski definition) is 2. The van der Waals surface area contributed by atoms with Crippen LogP contribution < -0.4 is 10.0 Å². The Bertz CT molecular complexity index is 986. The number of halogens is 1. The Morgan fingerprint density at radius 3 is 2.68 bits per heavy atom. The van der Waals surface area contributed by atoms with Gasteiger partial charge in [0.2, 0.25) is 5.91 Å². The standard InChI is InChI=1S/C17H15BrN2O4S/c1-10-2-5-13(18)9-15(10)25(23,24)20-17(22)12-3-6-14-11(8-12)4-7-16(21)19-14/h2-3,5-6,8-9H,4,7H2,1H3,(H,19,21)(H,20,22). The monoisotopic (exact) mass is 422 g/mol. The van der Waals surface area contributed by atoms with Gasteiger partial charge in [0.05, 0.1) is 4.90 Å². The fraction of sp³-hybridized carbons (Fsp3) is 0.176. The molecule has 1 aliphatic heterocycles. The van der Waals surface area contributed by atoms with Gasteiger partial charge in [-0.3, -0.25) is 9.59 Å². The molecule has 0 bridgehead atoms. The topological polar surface area (TPSA) is 92.3 Å². The molecule has 6 nitrogen and oxygen atoms in total. The molecule has 0 aliphatic carbocycles. The number of carbonyl (C=O) groups excluding carboxylic acids is 2. The van der Waals surface area contributed by atoms with E-state index in [2.05, 4.69) is 26.0 Å². The van der Waals surface area contributed by atoms with E-state index in [1.165, 1.54) is 12.1 Å². The largest absolute Gasteiger partial charge is 0.326 e. The Kier molecular flexibility index (Phi) is 4.66. The second kappa shape index (κ2) is 6.61. The van der Waals surface area contributed by atoms with Crippen LogP contribution >= 0.6 is 15.9 Å². The SMILES string of the molecule is Cc1ccc(Br)cc1S(=O)(=O)NC(=O)c1ccc2c(c1)CCC(=O)N2. The Morgan fingerprint density at radius 2 is 1.92 bits per heavy atom. The summed E-state index contributed by atoms with van der Waals surface area (Å²) in [4.78, 5) is 23.8. The van der Waals surface area contributed by atoms with Gasteiger partial charge in [0.15, 0.2) is 0 Å². The summed E-state index contributed by atoms with van der Waals surface area (Å²) in [7, 11) is -3.99. The highest BCUT2D eigenvalue weighted by Gasteiger charge is 2.22. The Balaban J connectivity index is 1.87. The highest BCUT2D eigenvalue weighted by molar-refractivity contribution is 9.10. The van der Waals surface area contributed by atoms with Crippen molar-refractivity contribution in [2.24, 2.45) is 0 Å². The average Bonchev–Trinajstić information content (AvgIpc) is 2.56. The summed E-state index contributed by atoms with van der Waals surface area (Å²) in [6.07, 6.45) is 0.855. The van der Waals surface area contributed by atoms with Crippen LogP contribution in [0.1, 0.15) is 27.9 Å². The quantitative estimate of drug-likeness (QED) is 0.794. The lowest BCUT2D eigenvalue weighted by atomic mass is 10.0. The number of anilines is 1. The molecule has 8 heteroatoms. The smallest absolute Gasteiger partial charge is 0.265 e. The minimum Gasteiger partial charge on any atom is -0.326 e. The maximum Gasteiger partial charge on any atom is 0.265 e. The molecule has 0 unspecified atom stereocenters. The van der Waals surface area contributed by atoms with E-state index in [9.17, 15) is 18.0 Å². The minimum absolute atomic E-state index is 0.0421. The van der Waals surface area contributed by atoms with Crippen LogP contribution in [-0.2, 0) is 21.2 Å². The maximum atomic E-state index is 12.5. The zero-order valence-electron chi connectivity index (χ0n) is 13.3. The predicted octanol–water partition coefficient (Wildman–Crippen LogP) is 2.76. The van der Waals surface area contributed by atoms with Crippen LogP contribution in [0.2, 0.25) is 0 Å². The van der Waals surface area contributed by atoms with Gasteiger partial charge in [0.1, 0.15) is 0 Å². The van der Waals surface area contributed by atoms with E-state index in [1.54, 1.807) is 31.2 Å². The zero-order chi connectivity index (χ0) is 18.2. The number of rotatable bonds is 3. The normalized spacial score (nSPS) is 13.8. The molecular formula is C17H15BrN2O4S. The number of sulfonamides is 1. The van der Waals surface area contributed by atoms with Gasteiger partial charge in [-0.15, -0.1) is 0 Å². The van der Waals surface area contributed by atoms with Crippen LogP contribution in [0.15, 0.2) is 45.8 Å². The summed E-state index contributed by atoms with van der Waals surface area (Å²) < 4.78 is 27.7. The van der Waals surface area contributed by atoms with Crippen molar-refractivity contribution in [2.45, 2.75) is 24.7 Å². The number of aryl methyl sites for hydroxylation is 2. The van der Waals surface area contributed by atoms with E-state index in [0.717, 1.165) is 5.56 Å². The van der Waals surface area contributed by atoms with Crippen molar-refractivity contribution in [1.29, 1.82) is 0 Å². The van der Waals surface area contributed by atoms with Gasteiger partial charge in [-0.2, -0.15) is 0 Å². The maximum absolute atomic E-state index is 12.5. The second-order valence-electron chi connectivity index (χ2n) is 5.76. The number of hydrogen-bond acceptors (Lipinski definition) is 4. The van der Waals surface area contributed by atoms with E-state index in [0.29, 0.717) is 28.6 Å². The minimum atomic E-state index is -3.99. The van der Waals surface area contributed by atoms with Gasteiger partial charge in [0.25, 0.3) is 15.9 Å². The Morgan fingerprint density at radius 1 is 1.16 bits per heavy atom. The summed E-state index contributed by atoms with van der Waals surface area (Å²) in [6, 6.07) is 9.54. The van der Waals surface area contributed by atoms with Crippen LogP contribution in [0.3, 0.4) is 0 Å². The van der Waals surface area contributed by atoms with Crippen LogP contribution in [0, 0.1) is 6.92 Å². The number of carbonyl (C=O) groups is 2. The molecular weight excluding hydrogens is 408 g/mol. The third kappa shape index (κ3) is 3.74. The second-order valence-corrected chi connectivity index (χ2v) is 8.33. The summed E-state index contributed by atoms with van der Waals surface area (Å²) in [6.45, 7) is 1.66. The Hall–Kier alpha value is -2.19. The number of benzene rings is 2. The number of fused-ring (bicyclic) bond motifs is 1. The molecule has 0 aromatic heterocycles. The van der Waals surface area contributed by atoms with Gasteiger partial charge in [-0.1, -0.05) is 22.0 Å². The van der Waals surface area contributed by atoms with E-state index in [4.69, 9.17) is 0 Å². The first-order chi connectivity index (χ1) is 11.8. The summed E-state index contributed by atoms with van der Waals surface area (Å²) in [5.74, 6) is -0.781. The fourth-order valence-electron chi connectivity index (χ4n) is 2.62. The fourth-order valence-corrected chi connectivity index (χ4v) is 4.38. The van der Waals surface area contributed by atoms with E-state index in [1.807, 2.05) is 0 Å². The van der Waals surface area contributed by atoms with Gasteiger partial charge in [-0.05, 0) is 54.8 Å². The first-order valence-corrected chi connectivity index (χ1v) is 9.80. The van der Waals surface area contributed by atoms with Crippen molar-refractivity contribution in [1.82, 2.24) is 4.72 Å². The van der Waals surface area contributed by atoms with E-state index < -0.39 is 15.9 Å². The third-order valence-electron chi connectivity index (χ3n) is 3.93. The molecule has 130 valence electrons. The lowest BCUT2D eigenvalue weighted by Crippen LogP contribution is -2.31. The molecule has 2 amide bonds. The van der Waals surface area contributed by atoms with E-state index >= 15 is 0 Å². The van der Waals surface area contributed by atoms with Crippen LogP contribution in [-0.4, -0.2) is 20.2 Å². The van der Waals surface area contributed by atoms with Crippen LogP contribution in [0.25, 0.3) is 0 Å². The molecule has 0 saturated carbocycles. The lowest BCUT2D eigenvalue weighted by Gasteiger charge is -2.17. The molecule has 2 aromatic rings. The molecule has 1 heterocycles. The van der Waals surface area contributed by atoms with Crippen molar-refractivity contribution in [3.63, 3.8) is 0 Å². The van der Waals surface area contributed by atoms with Crippen molar-refractivity contribution >= 4 is 43.5 Å². The number of amides is 2. The molecule has 0 fully saturated rings. The predicted molar refractivity (Wildman–Crippen MR) is 96.9 cm³/mol. The summed E-state index contributed by atoms with van der Waals surface area (Å²) in [5, 5.41) is 2.72. The number of nitrogens with one attached hydrogen (secondary N) is 2. The molecule has 0 saturated heterocycles. The summed E-state index contributed by atoms with van der Waals surface area (Å²) in [5.41, 5.74) is 2.23. The van der Waals surface area contributed by atoms with Gasteiger partial charge in [0, 0.05) is 22.1 Å². The van der Waals surface area contributed by atoms with Gasteiger partial charge >= 0.3 is 0 Å². The van der Waals surface area contributed by atoms with Crippen molar-refractivity contribution in [3.05, 3.63) is 57.6 Å². The molecule has 0 atom stereocenters. The van der Waals surface area contributed by atoms with Crippen LogP contribution in [0.5, 0.6) is 0 Å². The van der Waals surface area contributed by atoms with Crippen molar-refractivity contribution in [3.8, 4) is 0 Å². The Labute approximate surface area is 153 Å². The third-order valence-corrected chi connectivity index (χ3v) is 5.90. The molecule has 0 radical (unpaired) electrons. The average molecular weight is 423 g/mol. The first kappa shape index (κ1) is 17.6. The highest BCUT2D eigenvalue weighted by atomic mass is 79.9. The van der Waals surface area contributed by atoms with Crippen LogP contribution in [0.4, 0.5) is 5.69 Å². The van der Waals surface area contributed by atoms with Crippen molar-refractivity contribution < 1.29 is 18.0 Å². The molecule has 2 aromatic carbocycles. The lowest BCUT2D eigenvalue weighted by molar-refractivity contribution is -0.116. The summed E-state index contributed by atoms with van der Waals surface area (Å²) >= 11 is 3.23. The molecule has 2 N–H and O–H groups in total.